The largest absolute Gasteiger partial charge is 0.573 e. The Kier molecular flexibility index (Phi) is 2.85. The zero-order valence-corrected chi connectivity index (χ0v) is 10.1. The number of benzene rings is 2. The standard InChI is InChI=1S/C14H9F3N2O/c15-14(16,17)20-10-7-5-9(6-8-10)13-11-3-1-2-4-12(11)18-19-13/h1-8H,(H,18,19). The molecule has 3 nitrogen and oxygen atoms in total. The Morgan fingerprint density at radius 1 is 0.950 bits per heavy atom. The summed E-state index contributed by atoms with van der Waals surface area (Å²) in [6.07, 6.45) is -4.68. The van der Waals surface area contributed by atoms with Crippen molar-refractivity contribution in [2.24, 2.45) is 0 Å². The number of aromatic nitrogens is 2. The van der Waals surface area contributed by atoms with Crippen LogP contribution in [-0.2, 0) is 0 Å². The number of hydrogen-bond donors (Lipinski definition) is 1. The molecular formula is C14H9F3N2O. The molecule has 1 N–H and O–H groups in total. The first-order valence-corrected chi connectivity index (χ1v) is 5.82. The molecule has 20 heavy (non-hydrogen) atoms. The van der Waals surface area contributed by atoms with Gasteiger partial charge in [-0.1, -0.05) is 18.2 Å². The average Bonchev–Trinajstić information content (AvgIpc) is 2.82. The van der Waals surface area contributed by atoms with E-state index in [4.69, 9.17) is 0 Å². The van der Waals surface area contributed by atoms with Crippen LogP contribution in [0.3, 0.4) is 0 Å². The van der Waals surface area contributed by atoms with Gasteiger partial charge < -0.3 is 4.74 Å². The van der Waals surface area contributed by atoms with Crippen molar-refractivity contribution in [1.82, 2.24) is 10.2 Å². The lowest BCUT2D eigenvalue weighted by atomic mass is 10.1. The SMILES string of the molecule is FC(F)(F)Oc1ccc(-c2n[nH]c3ccccc23)cc1. The molecule has 0 aliphatic rings. The average molecular weight is 278 g/mol. The molecule has 3 aromatic rings. The molecule has 2 aromatic carbocycles. The third-order valence-corrected chi connectivity index (χ3v) is 2.83. The summed E-state index contributed by atoms with van der Waals surface area (Å²) in [6.45, 7) is 0. The highest BCUT2D eigenvalue weighted by Gasteiger charge is 2.31. The van der Waals surface area contributed by atoms with E-state index in [1.165, 1.54) is 12.1 Å². The number of rotatable bonds is 2. The van der Waals surface area contributed by atoms with Crippen LogP contribution >= 0.6 is 0 Å². The minimum Gasteiger partial charge on any atom is -0.406 e. The van der Waals surface area contributed by atoms with E-state index < -0.39 is 6.36 Å². The number of fused-ring (bicyclic) bond motifs is 1. The van der Waals surface area contributed by atoms with Crippen molar-refractivity contribution < 1.29 is 17.9 Å². The van der Waals surface area contributed by atoms with Gasteiger partial charge in [0.25, 0.3) is 0 Å². The summed E-state index contributed by atoms with van der Waals surface area (Å²) in [6, 6.07) is 13.2. The van der Waals surface area contributed by atoms with E-state index in [2.05, 4.69) is 14.9 Å². The molecule has 1 heterocycles. The summed E-state index contributed by atoms with van der Waals surface area (Å²) in [5.41, 5.74) is 2.29. The molecule has 1 aromatic heterocycles. The second-order valence-corrected chi connectivity index (χ2v) is 4.19. The van der Waals surface area contributed by atoms with Gasteiger partial charge in [-0.05, 0) is 30.3 Å². The number of hydrogen-bond acceptors (Lipinski definition) is 2. The Hall–Kier alpha value is -2.50. The lowest BCUT2D eigenvalue weighted by molar-refractivity contribution is -0.274. The van der Waals surface area contributed by atoms with E-state index in [9.17, 15) is 13.2 Å². The number of para-hydroxylation sites is 1. The smallest absolute Gasteiger partial charge is 0.406 e. The summed E-state index contributed by atoms with van der Waals surface area (Å²) >= 11 is 0. The third kappa shape index (κ3) is 2.45. The van der Waals surface area contributed by atoms with Crippen LogP contribution in [0.5, 0.6) is 5.75 Å². The molecule has 0 aliphatic carbocycles. The molecule has 0 unspecified atom stereocenters. The second kappa shape index (κ2) is 4.56. The Morgan fingerprint density at radius 2 is 1.65 bits per heavy atom. The Bertz CT molecular complexity index is 732. The van der Waals surface area contributed by atoms with E-state index in [1.807, 2.05) is 24.3 Å². The lowest BCUT2D eigenvalue weighted by Gasteiger charge is -2.08. The fourth-order valence-electron chi connectivity index (χ4n) is 2.00. The first-order chi connectivity index (χ1) is 9.53. The lowest BCUT2D eigenvalue weighted by Crippen LogP contribution is -2.16. The summed E-state index contributed by atoms with van der Waals surface area (Å²) in [5, 5.41) is 7.97. The molecule has 0 spiro atoms. The van der Waals surface area contributed by atoms with Crippen molar-refractivity contribution in [2.45, 2.75) is 6.36 Å². The number of H-pyrrole nitrogens is 1. The van der Waals surface area contributed by atoms with Crippen LogP contribution in [0.1, 0.15) is 0 Å². The van der Waals surface area contributed by atoms with Gasteiger partial charge in [0, 0.05) is 10.9 Å². The maximum absolute atomic E-state index is 12.1. The molecule has 3 rings (SSSR count). The van der Waals surface area contributed by atoms with Crippen molar-refractivity contribution in [3.8, 4) is 17.0 Å². The first-order valence-electron chi connectivity index (χ1n) is 5.82. The summed E-state index contributed by atoms with van der Waals surface area (Å²) in [5.74, 6) is -0.249. The van der Waals surface area contributed by atoms with Crippen LogP contribution in [0, 0.1) is 0 Å². The van der Waals surface area contributed by atoms with Crippen molar-refractivity contribution >= 4 is 10.9 Å². The number of ether oxygens (including phenoxy) is 1. The summed E-state index contributed by atoms with van der Waals surface area (Å²) in [7, 11) is 0. The van der Waals surface area contributed by atoms with Crippen LogP contribution in [0.25, 0.3) is 22.2 Å². The van der Waals surface area contributed by atoms with Crippen LogP contribution in [0.2, 0.25) is 0 Å². The minimum absolute atomic E-state index is 0.249. The van der Waals surface area contributed by atoms with Gasteiger partial charge in [-0.15, -0.1) is 13.2 Å². The van der Waals surface area contributed by atoms with E-state index in [1.54, 1.807) is 12.1 Å². The van der Waals surface area contributed by atoms with E-state index >= 15 is 0 Å². The third-order valence-electron chi connectivity index (χ3n) is 2.83. The minimum atomic E-state index is -4.68. The predicted octanol–water partition coefficient (Wildman–Crippen LogP) is 4.13. The normalized spacial score (nSPS) is 11.8. The molecule has 6 heteroatoms. The van der Waals surface area contributed by atoms with Crippen LogP contribution < -0.4 is 4.74 Å². The molecule has 0 atom stereocenters. The first kappa shape index (κ1) is 12.5. The fraction of sp³-hybridized carbons (Fsp3) is 0.0714. The maximum Gasteiger partial charge on any atom is 0.573 e. The predicted molar refractivity (Wildman–Crippen MR) is 68.2 cm³/mol. The van der Waals surface area contributed by atoms with Gasteiger partial charge in [0.2, 0.25) is 0 Å². The zero-order valence-electron chi connectivity index (χ0n) is 10.1. The number of aromatic amines is 1. The maximum atomic E-state index is 12.1. The molecular weight excluding hydrogens is 269 g/mol. The highest BCUT2D eigenvalue weighted by molar-refractivity contribution is 5.92. The number of nitrogens with zero attached hydrogens (tertiary/aromatic N) is 1. The Balaban J connectivity index is 1.95. The zero-order chi connectivity index (χ0) is 14.2. The molecule has 102 valence electrons. The number of halogens is 3. The molecule has 0 amide bonds. The van der Waals surface area contributed by atoms with Crippen molar-refractivity contribution in [3.63, 3.8) is 0 Å². The highest BCUT2D eigenvalue weighted by Crippen LogP contribution is 2.29. The molecule has 0 saturated carbocycles. The Labute approximate surface area is 112 Å². The van der Waals surface area contributed by atoms with Gasteiger partial charge in [0.1, 0.15) is 5.75 Å². The molecule has 0 bridgehead atoms. The molecule has 0 fully saturated rings. The number of alkyl halides is 3. The summed E-state index contributed by atoms with van der Waals surface area (Å²) < 4.78 is 40.1. The van der Waals surface area contributed by atoms with Gasteiger partial charge in [-0.3, -0.25) is 5.10 Å². The monoisotopic (exact) mass is 278 g/mol. The molecule has 0 aliphatic heterocycles. The quantitative estimate of drug-likeness (QED) is 0.765. The van der Waals surface area contributed by atoms with Crippen molar-refractivity contribution in [2.75, 3.05) is 0 Å². The number of nitrogens with one attached hydrogen (secondary N) is 1. The molecule has 0 saturated heterocycles. The van der Waals surface area contributed by atoms with Gasteiger partial charge >= 0.3 is 6.36 Å². The van der Waals surface area contributed by atoms with Gasteiger partial charge in [-0.2, -0.15) is 5.10 Å². The van der Waals surface area contributed by atoms with Gasteiger partial charge in [0.05, 0.1) is 11.2 Å². The molecule has 0 radical (unpaired) electrons. The van der Waals surface area contributed by atoms with Gasteiger partial charge in [-0.25, -0.2) is 0 Å². The second-order valence-electron chi connectivity index (χ2n) is 4.19. The van der Waals surface area contributed by atoms with E-state index in [0.29, 0.717) is 5.69 Å². The van der Waals surface area contributed by atoms with Crippen LogP contribution in [0.15, 0.2) is 48.5 Å². The Morgan fingerprint density at radius 3 is 2.35 bits per heavy atom. The van der Waals surface area contributed by atoms with Crippen molar-refractivity contribution in [1.29, 1.82) is 0 Å². The van der Waals surface area contributed by atoms with Gasteiger partial charge in [0.15, 0.2) is 0 Å². The van der Waals surface area contributed by atoms with Crippen LogP contribution in [-0.4, -0.2) is 16.6 Å². The highest BCUT2D eigenvalue weighted by atomic mass is 19.4. The van der Waals surface area contributed by atoms with E-state index in [-0.39, 0.29) is 5.75 Å². The van der Waals surface area contributed by atoms with E-state index in [0.717, 1.165) is 16.5 Å². The fourth-order valence-corrected chi connectivity index (χ4v) is 2.00. The van der Waals surface area contributed by atoms with Crippen molar-refractivity contribution in [3.05, 3.63) is 48.5 Å². The topological polar surface area (TPSA) is 37.9 Å². The summed E-state index contributed by atoms with van der Waals surface area (Å²) in [4.78, 5) is 0. The van der Waals surface area contributed by atoms with Crippen LogP contribution in [0.4, 0.5) is 13.2 Å².